The summed E-state index contributed by atoms with van der Waals surface area (Å²) in [7, 11) is -3.67. The van der Waals surface area contributed by atoms with Crippen molar-refractivity contribution in [2.75, 3.05) is 6.54 Å². The van der Waals surface area contributed by atoms with Gasteiger partial charge in [-0.1, -0.05) is 12.1 Å². The zero-order valence-corrected chi connectivity index (χ0v) is 15.8. The first-order valence-corrected chi connectivity index (χ1v) is 10.4. The van der Waals surface area contributed by atoms with Crippen LogP contribution in [0.4, 0.5) is 0 Å². The summed E-state index contributed by atoms with van der Waals surface area (Å²) in [6.07, 6.45) is 1.86. The summed E-state index contributed by atoms with van der Waals surface area (Å²) in [5, 5.41) is 13.0. The number of rotatable bonds is 6. The Hall–Kier alpha value is -1.21. The lowest BCUT2D eigenvalue weighted by Gasteiger charge is -2.27. The maximum absolute atomic E-state index is 12.8. The molecule has 2 aromatic rings. The highest BCUT2D eigenvalue weighted by Crippen LogP contribution is 2.46. The van der Waals surface area contributed by atoms with Crippen molar-refractivity contribution in [2.45, 2.75) is 44.1 Å². The molecule has 1 atom stereocenters. The van der Waals surface area contributed by atoms with E-state index in [4.69, 9.17) is 0 Å². The minimum atomic E-state index is -3.67. The number of hydrogen-bond acceptors (Lipinski definition) is 4. The molecule has 1 fully saturated rings. The van der Waals surface area contributed by atoms with Gasteiger partial charge >= 0.3 is 0 Å². The Balaban J connectivity index is 1.86. The largest absolute Gasteiger partial charge is 0.383 e. The zero-order chi connectivity index (χ0) is 17.5. The van der Waals surface area contributed by atoms with E-state index in [2.05, 4.69) is 4.72 Å². The molecule has 1 saturated carbocycles. The van der Waals surface area contributed by atoms with Crippen LogP contribution in [-0.2, 0) is 15.6 Å². The monoisotopic (exact) mass is 365 g/mol. The molecule has 0 bridgehead atoms. The summed E-state index contributed by atoms with van der Waals surface area (Å²) in [5.74, 6) is 0.125. The molecule has 1 aromatic heterocycles. The van der Waals surface area contributed by atoms with Crippen LogP contribution in [0.15, 0.2) is 34.5 Å². The van der Waals surface area contributed by atoms with E-state index < -0.39 is 15.6 Å². The van der Waals surface area contributed by atoms with Gasteiger partial charge in [-0.3, -0.25) is 0 Å². The molecule has 24 heavy (non-hydrogen) atoms. The molecule has 0 aliphatic heterocycles. The fourth-order valence-electron chi connectivity index (χ4n) is 3.02. The maximum Gasteiger partial charge on any atom is 0.240 e. The molecule has 130 valence electrons. The molecule has 0 saturated heterocycles. The zero-order valence-electron chi connectivity index (χ0n) is 14.2. The van der Waals surface area contributed by atoms with Crippen LogP contribution < -0.4 is 4.72 Å². The summed E-state index contributed by atoms with van der Waals surface area (Å²) >= 11 is 1.47. The Morgan fingerprint density at radius 2 is 1.88 bits per heavy atom. The van der Waals surface area contributed by atoms with E-state index in [-0.39, 0.29) is 17.4 Å². The molecule has 1 aliphatic carbocycles. The quantitative estimate of drug-likeness (QED) is 0.826. The van der Waals surface area contributed by atoms with E-state index in [1.807, 2.05) is 37.4 Å². The van der Waals surface area contributed by atoms with Gasteiger partial charge in [0.05, 0.1) is 4.90 Å². The molecule has 1 heterocycles. The molecule has 6 heteroatoms. The van der Waals surface area contributed by atoms with Crippen LogP contribution in [0.2, 0.25) is 0 Å². The molecular weight excluding hydrogens is 342 g/mol. The van der Waals surface area contributed by atoms with E-state index in [9.17, 15) is 13.5 Å². The number of hydrogen-bond donors (Lipinski definition) is 2. The van der Waals surface area contributed by atoms with Crippen LogP contribution in [-0.4, -0.2) is 20.1 Å². The van der Waals surface area contributed by atoms with E-state index in [1.54, 1.807) is 13.0 Å². The van der Waals surface area contributed by atoms with Crippen molar-refractivity contribution in [3.63, 3.8) is 0 Å². The van der Waals surface area contributed by atoms with E-state index >= 15 is 0 Å². The van der Waals surface area contributed by atoms with Crippen molar-refractivity contribution in [3.05, 3.63) is 51.2 Å². The van der Waals surface area contributed by atoms with Gasteiger partial charge in [0.2, 0.25) is 10.0 Å². The Morgan fingerprint density at radius 1 is 1.21 bits per heavy atom. The lowest BCUT2D eigenvalue weighted by molar-refractivity contribution is 0.0222. The van der Waals surface area contributed by atoms with Gasteiger partial charge < -0.3 is 5.11 Å². The Kier molecular flexibility index (Phi) is 4.59. The number of sulfonamides is 1. The topological polar surface area (TPSA) is 66.4 Å². The molecule has 0 spiro atoms. The van der Waals surface area contributed by atoms with Gasteiger partial charge in [0.1, 0.15) is 5.60 Å². The molecule has 2 N–H and O–H groups in total. The normalized spacial score (nSPS) is 17.7. The van der Waals surface area contributed by atoms with Crippen LogP contribution >= 0.6 is 11.3 Å². The number of thiophene rings is 1. The maximum atomic E-state index is 12.8. The summed E-state index contributed by atoms with van der Waals surface area (Å²) in [4.78, 5) is 1.11. The molecule has 1 unspecified atom stereocenters. The standard InChI is InChI=1S/C18H23NO3S2/c1-12-9-14(3)16(10-13(12)2)24(21,22)19-11-18(20,15-6-7-15)17-5-4-8-23-17/h4-5,8-10,15,19-20H,6-7,11H2,1-3H3. The third-order valence-electron chi connectivity index (χ3n) is 4.81. The van der Waals surface area contributed by atoms with Crippen LogP contribution in [0.3, 0.4) is 0 Å². The lowest BCUT2D eigenvalue weighted by Crippen LogP contribution is -2.42. The molecule has 0 amide bonds. The van der Waals surface area contributed by atoms with Crippen LogP contribution in [0, 0.1) is 26.7 Å². The highest BCUT2D eigenvalue weighted by Gasteiger charge is 2.46. The van der Waals surface area contributed by atoms with Crippen molar-refractivity contribution in [2.24, 2.45) is 5.92 Å². The highest BCUT2D eigenvalue weighted by atomic mass is 32.2. The average Bonchev–Trinajstić information content (AvgIpc) is 3.23. The van der Waals surface area contributed by atoms with Crippen LogP contribution in [0.1, 0.15) is 34.4 Å². The Morgan fingerprint density at radius 3 is 2.46 bits per heavy atom. The summed E-state index contributed by atoms with van der Waals surface area (Å²) in [6, 6.07) is 7.35. The third kappa shape index (κ3) is 3.28. The van der Waals surface area contributed by atoms with Gasteiger partial charge in [0, 0.05) is 11.4 Å². The van der Waals surface area contributed by atoms with Gasteiger partial charge in [-0.05, 0) is 73.7 Å². The minimum absolute atomic E-state index is 0.00682. The lowest BCUT2D eigenvalue weighted by atomic mass is 9.96. The second-order valence-electron chi connectivity index (χ2n) is 6.70. The van der Waals surface area contributed by atoms with Crippen molar-refractivity contribution in [1.82, 2.24) is 4.72 Å². The van der Waals surface area contributed by atoms with Gasteiger partial charge in [-0.2, -0.15) is 0 Å². The molecular formula is C18H23NO3S2. The van der Waals surface area contributed by atoms with Gasteiger partial charge in [-0.25, -0.2) is 13.1 Å². The van der Waals surface area contributed by atoms with Gasteiger partial charge in [0.25, 0.3) is 0 Å². The molecule has 3 rings (SSSR count). The van der Waals surface area contributed by atoms with Gasteiger partial charge in [0.15, 0.2) is 0 Å². The summed E-state index contributed by atoms with van der Waals surface area (Å²) < 4.78 is 28.2. The van der Waals surface area contributed by atoms with E-state index in [1.165, 1.54) is 11.3 Å². The number of benzene rings is 1. The fourth-order valence-corrected chi connectivity index (χ4v) is 5.31. The van der Waals surface area contributed by atoms with Crippen molar-refractivity contribution in [3.8, 4) is 0 Å². The second kappa shape index (κ2) is 6.26. The van der Waals surface area contributed by atoms with Crippen molar-refractivity contribution < 1.29 is 13.5 Å². The first kappa shape index (κ1) is 17.6. The van der Waals surface area contributed by atoms with Crippen LogP contribution in [0.25, 0.3) is 0 Å². The number of aryl methyl sites for hydroxylation is 3. The van der Waals surface area contributed by atoms with E-state index in [0.29, 0.717) is 0 Å². The molecule has 1 aromatic carbocycles. The Bertz CT molecular complexity index is 839. The number of aliphatic hydroxyl groups is 1. The molecule has 0 radical (unpaired) electrons. The second-order valence-corrected chi connectivity index (χ2v) is 9.39. The predicted octanol–water partition coefficient (Wildman–Crippen LogP) is 3.25. The summed E-state index contributed by atoms with van der Waals surface area (Å²) in [6.45, 7) is 5.68. The minimum Gasteiger partial charge on any atom is -0.383 e. The first-order valence-electron chi connectivity index (χ1n) is 8.08. The van der Waals surface area contributed by atoms with Gasteiger partial charge in [-0.15, -0.1) is 11.3 Å². The molecule has 4 nitrogen and oxygen atoms in total. The van der Waals surface area contributed by atoms with Crippen LogP contribution in [0.5, 0.6) is 0 Å². The SMILES string of the molecule is Cc1cc(C)c(S(=O)(=O)NCC(O)(c2cccs2)C2CC2)cc1C. The van der Waals surface area contributed by atoms with E-state index in [0.717, 1.165) is 34.4 Å². The summed E-state index contributed by atoms with van der Waals surface area (Å²) in [5.41, 5.74) is 1.61. The number of nitrogens with one attached hydrogen (secondary N) is 1. The molecule has 1 aliphatic rings. The predicted molar refractivity (Wildman–Crippen MR) is 96.8 cm³/mol. The average molecular weight is 366 g/mol. The smallest absolute Gasteiger partial charge is 0.240 e. The van der Waals surface area contributed by atoms with Crippen molar-refractivity contribution >= 4 is 21.4 Å². The Labute approximate surface area is 147 Å². The first-order chi connectivity index (χ1) is 11.2. The van der Waals surface area contributed by atoms with Crippen molar-refractivity contribution in [1.29, 1.82) is 0 Å². The highest BCUT2D eigenvalue weighted by molar-refractivity contribution is 7.89. The fraction of sp³-hybridized carbons (Fsp3) is 0.444. The third-order valence-corrected chi connectivity index (χ3v) is 7.39.